The number of rotatable bonds is 10. The van der Waals surface area contributed by atoms with E-state index < -0.39 is 18.3 Å². The van der Waals surface area contributed by atoms with Gasteiger partial charge in [-0.3, -0.25) is 9.59 Å². The monoisotopic (exact) mass is 472 g/mol. The van der Waals surface area contributed by atoms with E-state index in [9.17, 15) is 14.4 Å². The number of amides is 3. The molecule has 2 saturated heterocycles. The average molecular weight is 473 g/mol. The van der Waals surface area contributed by atoms with Crippen LogP contribution in [0.15, 0.2) is 30.3 Å². The maximum absolute atomic E-state index is 13.8. The molecule has 186 valence electrons. The third kappa shape index (κ3) is 6.57. The number of carbonyl (C=O) groups excluding carboxylic acids is 3. The average Bonchev–Trinajstić information content (AvgIpc) is 3.24. The predicted octanol–water partition coefficient (Wildman–Crippen LogP) is 4.08. The molecule has 4 rings (SSSR count). The summed E-state index contributed by atoms with van der Waals surface area (Å²) in [5.41, 5.74) is 1.04. The number of imide groups is 1. The predicted molar refractivity (Wildman–Crippen MR) is 124 cm³/mol. The van der Waals surface area contributed by atoms with Gasteiger partial charge in [0, 0.05) is 13.0 Å². The molecule has 1 aromatic rings. The van der Waals surface area contributed by atoms with Crippen molar-refractivity contribution in [1.29, 1.82) is 0 Å². The van der Waals surface area contributed by atoms with E-state index in [1.54, 1.807) is 0 Å². The first-order valence-corrected chi connectivity index (χ1v) is 12.7. The minimum absolute atomic E-state index is 0.0977. The topological polar surface area (TPSA) is 85.4 Å². The summed E-state index contributed by atoms with van der Waals surface area (Å²) in [5, 5.41) is 1.19. The van der Waals surface area contributed by atoms with Gasteiger partial charge in [0.25, 0.3) is 0 Å². The lowest BCUT2D eigenvalue weighted by Gasteiger charge is -2.33. The van der Waals surface area contributed by atoms with Gasteiger partial charge in [-0.05, 0) is 37.2 Å². The number of ether oxygens (including phenoxy) is 2. The number of carbonyl (C=O) groups is 3. The van der Waals surface area contributed by atoms with Crippen LogP contribution < -0.4 is 0 Å². The Balaban J connectivity index is 1.48. The van der Waals surface area contributed by atoms with Gasteiger partial charge >= 0.3 is 6.09 Å². The summed E-state index contributed by atoms with van der Waals surface area (Å²) in [6.45, 7) is 0.878. The lowest BCUT2D eigenvalue weighted by Crippen LogP contribution is -2.47. The Kier molecular flexibility index (Phi) is 8.93. The fraction of sp³-hybridized carbons (Fsp3) is 0.654. The Bertz CT molecular complexity index is 807. The lowest BCUT2D eigenvalue weighted by atomic mass is 9.82. The number of benzene rings is 1. The van der Waals surface area contributed by atoms with Crippen molar-refractivity contribution < 1.29 is 28.7 Å². The molecule has 3 atom stereocenters. The van der Waals surface area contributed by atoms with Gasteiger partial charge in [0.2, 0.25) is 12.3 Å². The van der Waals surface area contributed by atoms with Crippen molar-refractivity contribution in [3.63, 3.8) is 0 Å². The molecular formula is C26H36N2O6. The van der Waals surface area contributed by atoms with E-state index in [0.29, 0.717) is 38.2 Å². The van der Waals surface area contributed by atoms with Crippen LogP contribution in [-0.4, -0.2) is 60.5 Å². The van der Waals surface area contributed by atoms with Crippen LogP contribution in [0.2, 0.25) is 0 Å². The Hall–Kier alpha value is -2.45. The molecule has 3 amide bonds. The first-order chi connectivity index (χ1) is 16.6. The lowest BCUT2D eigenvalue weighted by molar-refractivity contribution is -0.276. The molecule has 1 aliphatic carbocycles. The highest BCUT2D eigenvalue weighted by Crippen LogP contribution is 2.31. The van der Waals surface area contributed by atoms with Crippen LogP contribution in [0.5, 0.6) is 0 Å². The molecule has 1 unspecified atom stereocenters. The van der Waals surface area contributed by atoms with Gasteiger partial charge in [-0.2, -0.15) is 0 Å². The van der Waals surface area contributed by atoms with E-state index in [1.165, 1.54) is 16.4 Å². The van der Waals surface area contributed by atoms with Gasteiger partial charge in [-0.25, -0.2) is 19.6 Å². The number of hydroxylamine groups is 2. The molecular weight excluding hydrogens is 436 g/mol. The summed E-state index contributed by atoms with van der Waals surface area (Å²) in [7, 11) is 0. The third-order valence-corrected chi connectivity index (χ3v) is 7.11. The molecule has 1 aromatic carbocycles. The van der Waals surface area contributed by atoms with E-state index in [0.717, 1.165) is 44.1 Å². The second kappa shape index (κ2) is 12.3. The molecule has 1 saturated carbocycles. The zero-order valence-electron chi connectivity index (χ0n) is 19.8. The van der Waals surface area contributed by atoms with Gasteiger partial charge in [0.05, 0.1) is 18.5 Å². The van der Waals surface area contributed by atoms with Crippen molar-refractivity contribution in [2.24, 2.45) is 11.8 Å². The van der Waals surface area contributed by atoms with Crippen molar-refractivity contribution in [2.45, 2.75) is 76.5 Å². The highest BCUT2D eigenvalue weighted by Gasteiger charge is 2.42. The highest BCUT2D eigenvalue weighted by molar-refractivity contribution is 5.95. The fourth-order valence-corrected chi connectivity index (χ4v) is 5.32. The zero-order chi connectivity index (χ0) is 23.8. The summed E-state index contributed by atoms with van der Waals surface area (Å²) in [5.74, 6) is -0.428. The van der Waals surface area contributed by atoms with Gasteiger partial charge in [0.1, 0.15) is 6.61 Å². The molecule has 3 aliphatic rings. The number of cyclic esters (lactones) is 1. The summed E-state index contributed by atoms with van der Waals surface area (Å²) in [4.78, 5) is 45.3. The van der Waals surface area contributed by atoms with E-state index in [4.69, 9.17) is 14.3 Å². The highest BCUT2D eigenvalue weighted by atomic mass is 16.8. The van der Waals surface area contributed by atoms with Crippen molar-refractivity contribution in [3.05, 3.63) is 35.9 Å². The number of nitrogens with zero attached hydrogens (tertiary/aromatic N) is 2. The van der Waals surface area contributed by atoms with E-state index in [-0.39, 0.29) is 25.1 Å². The summed E-state index contributed by atoms with van der Waals surface area (Å²) >= 11 is 0. The first kappa shape index (κ1) is 24.7. The second-order valence-electron chi connectivity index (χ2n) is 9.67. The van der Waals surface area contributed by atoms with E-state index in [1.807, 2.05) is 30.3 Å². The summed E-state index contributed by atoms with van der Waals surface area (Å²) in [6.07, 6.45) is 9.01. The van der Waals surface area contributed by atoms with Crippen molar-refractivity contribution >= 4 is 18.4 Å². The molecule has 2 heterocycles. The van der Waals surface area contributed by atoms with Crippen LogP contribution in [0.4, 0.5) is 4.79 Å². The van der Waals surface area contributed by atoms with Crippen LogP contribution in [0.1, 0.15) is 63.4 Å². The molecule has 8 heteroatoms. The second-order valence-corrected chi connectivity index (χ2v) is 9.67. The third-order valence-electron chi connectivity index (χ3n) is 7.11. The Morgan fingerprint density at radius 1 is 1.12 bits per heavy atom. The van der Waals surface area contributed by atoms with E-state index >= 15 is 0 Å². The molecule has 0 aromatic heterocycles. The Labute approximate surface area is 201 Å². The Morgan fingerprint density at radius 2 is 1.88 bits per heavy atom. The maximum Gasteiger partial charge on any atom is 0.416 e. The molecule has 34 heavy (non-hydrogen) atoms. The standard InChI is InChI=1S/C26H36N2O6/c29-19-27(34-24-13-7-8-14-32-24)17-22(15-20-9-3-1-4-10-20)25(30)28-23(18-33-26(28)31)16-21-11-5-2-6-12-21/h2,5-6,11-12,19-20,22-24H,1,3-4,7-10,13-18H2/t22-,23+,24?/m1/s1. The van der Waals surface area contributed by atoms with Crippen LogP contribution in [0, 0.1) is 11.8 Å². The maximum atomic E-state index is 13.8. The summed E-state index contributed by atoms with van der Waals surface area (Å²) < 4.78 is 10.9. The molecule has 0 spiro atoms. The van der Waals surface area contributed by atoms with Crippen molar-refractivity contribution in [3.8, 4) is 0 Å². The quantitative estimate of drug-likeness (QED) is 0.377. The molecule has 2 aliphatic heterocycles. The number of hydrogen-bond donors (Lipinski definition) is 0. The minimum atomic E-state index is -0.603. The molecule has 3 fully saturated rings. The van der Waals surface area contributed by atoms with Gasteiger partial charge in [-0.15, -0.1) is 0 Å². The Morgan fingerprint density at radius 3 is 2.59 bits per heavy atom. The van der Waals surface area contributed by atoms with E-state index in [2.05, 4.69) is 0 Å². The molecule has 0 radical (unpaired) electrons. The SMILES string of the molecule is O=CN(C[C@@H](CC1CCCCC1)C(=O)N1C(=O)OC[C@@H]1Cc1ccccc1)OC1CCCCO1. The van der Waals surface area contributed by atoms with Crippen LogP contribution in [-0.2, 0) is 30.3 Å². The normalized spacial score (nSPS) is 24.5. The van der Waals surface area contributed by atoms with Crippen molar-refractivity contribution in [2.75, 3.05) is 19.8 Å². The first-order valence-electron chi connectivity index (χ1n) is 12.7. The van der Waals surface area contributed by atoms with Crippen LogP contribution in [0.3, 0.4) is 0 Å². The van der Waals surface area contributed by atoms with Gasteiger partial charge in [0.15, 0.2) is 6.29 Å². The van der Waals surface area contributed by atoms with Crippen LogP contribution >= 0.6 is 0 Å². The smallest absolute Gasteiger partial charge is 0.416 e. The van der Waals surface area contributed by atoms with Crippen LogP contribution in [0.25, 0.3) is 0 Å². The molecule has 0 N–H and O–H groups in total. The van der Waals surface area contributed by atoms with Crippen molar-refractivity contribution in [1.82, 2.24) is 9.96 Å². The molecule has 0 bridgehead atoms. The number of hydrogen-bond acceptors (Lipinski definition) is 6. The fourth-order valence-electron chi connectivity index (χ4n) is 5.32. The summed E-state index contributed by atoms with van der Waals surface area (Å²) in [6, 6.07) is 9.43. The molecule has 8 nitrogen and oxygen atoms in total. The van der Waals surface area contributed by atoms with Gasteiger partial charge < -0.3 is 9.47 Å². The largest absolute Gasteiger partial charge is 0.447 e. The van der Waals surface area contributed by atoms with Gasteiger partial charge in [-0.1, -0.05) is 62.4 Å². The minimum Gasteiger partial charge on any atom is -0.447 e. The zero-order valence-corrected chi connectivity index (χ0v) is 19.8.